The molecule has 0 saturated carbocycles. The van der Waals surface area contributed by atoms with E-state index in [4.69, 9.17) is 32.4 Å². The molecule has 3 aromatic rings. The maximum absolute atomic E-state index is 12.5. The van der Waals surface area contributed by atoms with Gasteiger partial charge in [-0.3, -0.25) is 4.90 Å². The van der Waals surface area contributed by atoms with Gasteiger partial charge in [0, 0.05) is 31.1 Å². The standard InChI is InChI=1S/C20H17Cl2NO3/c1-25-13-3-4-15-14-6-7-23(10-12-2-5-17(21)18(22)8-12)11-16(14)20(24)26-19(15)9-13/h2-5,8-9H,6-7,10-11H2,1H3. The smallest absolute Gasteiger partial charge is 0.341 e. The first-order chi connectivity index (χ1) is 12.5. The molecule has 0 bridgehead atoms. The summed E-state index contributed by atoms with van der Waals surface area (Å²) < 4.78 is 10.8. The van der Waals surface area contributed by atoms with Crippen molar-refractivity contribution in [3.63, 3.8) is 0 Å². The number of methoxy groups -OCH3 is 1. The Kier molecular flexibility index (Phi) is 4.65. The van der Waals surface area contributed by atoms with Crippen molar-refractivity contribution in [2.45, 2.75) is 19.5 Å². The number of rotatable bonds is 3. The minimum Gasteiger partial charge on any atom is -0.497 e. The number of hydrogen-bond acceptors (Lipinski definition) is 4. The molecule has 4 rings (SSSR count). The van der Waals surface area contributed by atoms with Crippen LogP contribution in [0.15, 0.2) is 45.6 Å². The predicted molar refractivity (Wildman–Crippen MR) is 103 cm³/mol. The molecule has 26 heavy (non-hydrogen) atoms. The topological polar surface area (TPSA) is 42.7 Å². The summed E-state index contributed by atoms with van der Waals surface area (Å²) in [6.07, 6.45) is 0.797. The SMILES string of the molecule is COc1ccc2c3c(c(=O)oc2c1)CN(Cc1ccc(Cl)c(Cl)c1)CC3. The summed E-state index contributed by atoms with van der Waals surface area (Å²) in [6, 6.07) is 11.2. The monoisotopic (exact) mass is 389 g/mol. The van der Waals surface area contributed by atoms with E-state index in [0.717, 1.165) is 35.0 Å². The highest BCUT2D eigenvalue weighted by Gasteiger charge is 2.23. The summed E-state index contributed by atoms with van der Waals surface area (Å²) in [5.41, 5.74) is 3.17. The van der Waals surface area contributed by atoms with Gasteiger partial charge in [-0.2, -0.15) is 0 Å². The highest BCUT2D eigenvalue weighted by Crippen LogP contribution is 2.29. The van der Waals surface area contributed by atoms with E-state index in [9.17, 15) is 4.79 Å². The molecule has 0 amide bonds. The van der Waals surface area contributed by atoms with Crippen molar-refractivity contribution >= 4 is 34.2 Å². The normalized spacial score (nSPS) is 14.4. The second kappa shape index (κ2) is 6.95. The predicted octanol–water partition coefficient (Wildman–Crippen LogP) is 4.67. The Morgan fingerprint density at radius 3 is 2.73 bits per heavy atom. The second-order valence-electron chi connectivity index (χ2n) is 6.42. The van der Waals surface area contributed by atoms with Crippen LogP contribution >= 0.6 is 23.2 Å². The number of ether oxygens (including phenoxy) is 1. The van der Waals surface area contributed by atoms with Crippen molar-refractivity contribution < 1.29 is 9.15 Å². The molecule has 4 nitrogen and oxygen atoms in total. The first-order valence-corrected chi connectivity index (χ1v) is 9.09. The molecule has 6 heteroatoms. The van der Waals surface area contributed by atoms with E-state index in [1.807, 2.05) is 24.3 Å². The molecule has 0 atom stereocenters. The zero-order chi connectivity index (χ0) is 18.3. The summed E-state index contributed by atoms with van der Waals surface area (Å²) in [5, 5.41) is 2.07. The van der Waals surface area contributed by atoms with Crippen LogP contribution in [0.4, 0.5) is 0 Å². The number of benzene rings is 2. The molecule has 1 aromatic heterocycles. The van der Waals surface area contributed by atoms with Crippen LogP contribution in [0.5, 0.6) is 5.75 Å². The zero-order valence-electron chi connectivity index (χ0n) is 14.2. The van der Waals surface area contributed by atoms with Crippen LogP contribution in [0.3, 0.4) is 0 Å². The third kappa shape index (κ3) is 3.20. The van der Waals surface area contributed by atoms with E-state index < -0.39 is 0 Å². The van der Waals surface area contributed by atoms with Crippen molar-refractivity contribution in [1.29, 1.82) is 0 Å². The average molecular weight is 390 g/mol. The number of fused-ring (bicyclic) bond motifs is 3. The lowest BCUT2D eigenvalue weighted by atomic mass is 9.97. The molecule has 134 valence electrons. The van der Waals surface area contributed by atoms with Crippen LogP contribution in [0.25, 0.3) is 11.0 Å². The Morgan fingerprint density at radius 1 is 1.12 bits per heavy atom. The lowest BCUT2D eigenvalue weighted by Crippen LogP contribution is -2.33. The Bertz CT molecular complexity index is 1050. The largest absolute Gasteiger partial charge is 0.497 e. The van der Waals surface area contributed by atoms with Crippen molar-refractivity contribution in [3.8, 4) is 5.75 Å². The van der Waals surface area contributed by atoms with Crippen molar-refractivity contribution in [2.75, 3.05) is 13.7 Å². The minimum absolute atomic E-state index is 0.278. The molecule has 0 spiro atoms. The maximum atomic E-state index is 12.5. The van der Waals surface area contributed by atoms with Gasteiger partial charge in [-0.1, -0.05) is 29.3 Å². The number of hydrogen-bond donors (Lipinski definition) is 0. The van der Waals surface area contributed by atoms with Crippen molar-refractivity contribution in [1.82, 2.24) is 4.90 Å². The summed E-state index contributed by atoms with van der Waals surface area (Å²) in [4.78, 5) is 14.7. The fourth-order valence-corrected chi connectivity index (χ4v) is 3.78. The summed E-state index contributed by atoms with van der Waals surface area (Å²) >= 11 is 12.1. The van der Waals surface area contributed by atoms with Gasteiger partial charge >= 0.3 is 5.63 Å². The van der Waals surface area contributed by atoms with E-state index in [2.05, 4.69) is 4.90 Å². The molecule has 2 aromatic carbocycles. The molecule has 0 unspecified atom stereocenters. The molecular weight excluding hydrogens is 373 g/mol. The van der Waals surface area contributed by atoms with Gasteiger partial charge in [-0.05, 0) is 41.8 Å². The van der Waals surface area contributed by atoms with Gasteiger partial charge in [0.25, 0.3) is 0 Å². The molecule has 0 aliphatic carbocycles. The molecule has 0 fully saturated rings. The Balaban J connectivity index is 1.65. The van der Waals surface area contributed by atoms with Crippen molar-refractivity contribution in [2.24, 2.45) is 0 Å². The van der Waals surface area contributed by atoms with Gasteiger partial charge in [0.05, 0.1) is 22.7 Å². The first kappa shape index (κ1) is 17.4. The Morgan fingerprint density at radius 2 is 1.96 bits per heavy atom. The van der Waals surface area contributed by atoms with Crippen LogP contribution in [0.2, 0.25) is 10.0 Å². The van der Waals surface area contributed by atoms with E-state index in [1.165, 1.54) is 0 Å². The van der Waals surface area contributed by atoms with Gasteiger partial charge in [0.2, 0.25) is 0 Å². The van der Waals surface area contributed by atoms with Crippen LogP contribution < -0.4 is 10.4 Å². The fraction of sp³-hybridized carbons (Fsp3) is 0.250. The summed E-state index contributed by atoms with van der Waals surface area (Å²) in [5.74, 6) is 0.678. The van der Waals surface area contributed by atoms with Crippen LogP contribution in [0.1, 0.15) is 16.7 Å². The molecule has 0 saturated heterocycles. The molecule has 1 aliphatic heterocycles. The van der Waals surface area contributed by atoms with E-state index in [1.54, 1.807) is 19.2 Å². The Labute approximate surface area is 160 Å². The van der Waals surface area contributed by atoms with Crippen molar-refractivity contribution in [3.05, 3.63) is 73.6 Å². The van der Waals surface area contributed by atoms with Crippen LogP contribution in [-0.2, 0) is 19.5 Å². The first-order valence-electron chi connectivity index (χ1n) is 8.34. The molecule has 1 aliphatic rings. The molecule has 0 N–H and O–H groups in total. The highest BCUT2D eigenvalue weighted by molar-refractivity contribution is 6.42. The van der Waals surface area contributed by atoms with Gasteiger partial charge in [-0.15, -0.1) is 0 Å². The van der Waals surface area contributed by atoms with E-state index in [-0.39, 0.29) is 5.63 Å². The lowest BCUT2D eigenvalue weighted by molar-refractivity contribution is 0.241. The lowest BCUT2D eigenvalue weighted by Gasteiger charge is -2.28. The Hall–Kier alpha value is -2.01. The third-order valence-electron chi connectivity index (χ3n) is 4.78. The van der Waals surface area contributed by atoms with Gasteiger partial charge in [0.15, 0.2) is 0 Å². The minimum atomic E-state index is -0.278. The average Bonchev–Trinajstić information content (AvgIpc) is 2.64. The van der Waals surface area contributed by atoms with Crippen LogP contribution in [0, 0.1) is 0 Å². The number of halogens is 2. The third-order valence-corrected chi connectivity index (χ3v) is 5.52. The van der Waals surface area contributed by atoms with Gasteiger partial charge in [-0.25, -0.2) is 4.79 Å². The molecule has 0 radical (unpaired) electrons. The van der Waals surface area contributed by atoms with E-state index >= 15 is 0 Å². The molecular formula is C20H17Cl2NO3. The van der Waals surface area contributed by atoms with E-state index in [0.29, 0.717) is 34.5 Å². The zero-order valence-corrected chi connectivity index (χ0v) is 15.7. The highest BCUT2D eigenvalue weighted by atomic mass is 35.5. The van der Waals surface area contributed by atoms with Gasteiger partial charge in [0.1, 0.15) is 11.3 Å². The maximum Gasteiger partial charge on any atom is 0.341 e. The summed E-state index contributed by atoms with van der Waals surface area (Å²) in [6.45, 7) is 2.12. The second-order valence-corrected chi connectivity index (χ2v) is 7.23. The quantitative estimate of drug-likeness (QED) is 0.610. The van der Waals surface area contributed by atoms with Crippen LogP contribution in [-0.4, -0.2) is 18.6 Å². The number of nitrogens with zero attached hydrogens (tertiary/aromatic N) is 1. The summed E-state index contributed by atoms with van der Waals surface area (Å²) in [7, 11) is 1.60. The van der Waals surface area contributed by atoms with Gasteiger partial charge < -0.3 is 9.15 Å². The fourth-order valence-electron chi connectivity index (χ4n) is 3.46. The molecule has 2 heterocycles.